The fraction of sp³-hybridized carbons (Fsp3) is 0.667. The Morgan fingerprint density at radius 2 is 2.29 bits per heavy atom. The van der Waals surface area contributed by atoms with Crippen molar-refractivity contribution in [3.05, 3.63) is 17.2 Å². The Kier molecular flexibility index (Phi) is 5.13. The molecule has 0 unspecified atom stereocenters. The zero-order valence-corrected chi connectivity index (χ0v) is 16.5. The van der Waals surface area contributed by atoms with Gasteiger partial charge in [-0.05, 0) is 25.7 Å². The number of fused-ring (bicyclic) bond motifs is 1. The van der Waals surface area contributed by atoms with E-state index < -0.39 is 24.7 Å². The van der Waals surface area contributed by atoms with Gasteiger partial charge in [-0.25, -0.2) is 18.9 Å². The molecule has 152 valence electrons. The molecule has 1 aliphatic heterocycles. The third-order valence-corrected chi connectivity index (χ3v) is 6.43. The normalized spacial score (nSPS) is 24.2. The Morgan fingerprint density at radius 1 is 1.50 bits per heavy atom. The van der Waals surface area contributed by atoms with Crippen LogP contribution in [0, 0.1) is 0 Å². The summed E-state index contributed by atoms with van der Waals surface area (Å²) in [4.78, 5) is 21.7. The third kappa shape index (κ3) is 3.20. The highest BCUT2D eigenvalue weighted by atomic mass is 35.5. The zero-order valence-electron chi connectivity index (χ0n) is 15.7. The number of nitrogens with one attached hydrogen (secondary N) is 1. The average molecular weight is 411 g/mol. The van der Waals surface area contributed by atoms with Crippen molar-refractivity contribution < 1.29 is 14.3 Å². The number of anilines is 1. The molecule has 1 aliphatic carbocycles. The molecule has 1 saturated heterocycles. The van der Waals surface area contributed by atoms with E-state index in [0.29, 0.717) is 29.6 Å². The zero-order chi connectivity index (χ0) is 19.9. The first kappa shape index (κ1) is 19.3. The molecular formula is C18H24ClFN6O2. The Labute approximate surface area is 167 Å². The van der Waals surface area contributed by atoms with Crippen LogP contribution in [0.1, 0.15) is 44.9 Å². The van der Waals surface area contributed by atoms with Gasteiger partial charge in [-0.15, -0.1) is 5.10 Å². The standard InChI is InChI=1S/C18H24ClFN6O2/c1-2-18(5-3-6-18)16-23-15(19)13-8-21-17(24-26(13)16)22-12-4-7-25(9-11(12)20)14(28)10-27/h8,11-12,27H,2-7,9-10H2,1H3,(H,22,24)/t11-,12+/m1/s1. The van der Waals surface area contributed by atoms with Gasteiger partial charge in [0, 0.05) is 12.0 Å². The average Bonchev–Trinajstić information content (AvgIpc) is 2.99. The minimum absolute atomic E-state index is 0.0136. The number of aliphatic hydroxyl groups is 1. The van der Waals surface area contributed by atoms with E-state index in [1.807, 2.05) is 0 Å². The lowest BCUT2D eigenvalue weighted by Crippen LogP contribution is -2.50. The van der Waals surface area contributed by atoms with Crippen molar-refractivity contribution in [2.45, 2.75) is 56.7 Å². The molecule has 2 fully saturated rings. The number of aromatic nitrogens is 4. The summed E-state index contributed by atoms with van der Waals surface area (Å²) < 4.78 is 16.3. The van der Waals surface area contributed by atoms with Gasteiger partial charge in [-0.2, -0.15) is 0 Å². The molecule has 2 aromatic rings. The predicted octanol–water partition coefficient (Wildman–Crippen LogP) is 1.95. The van der Waals surface area contributed by atoms with E-state index in [0.717, 1.165) is 31.5 Å². The summed E-state index contributed by atoms with van der Waals surface area (Å²) >= 11 is 6.30. The van der Waals surface area contributed by atoms with Crippen molar-refractivity contribution in [2.75, 3.05) is 25.0 Å². The van der Waals surface area contributed by atoms with Crippen molar-refractivity contribution in [3.8, 4) is 0 Å². The number of rotatable bonds is 5. The first-order valence-electron chi connectivity index (χ1n) is 9.68. The summed E-state index contributed by atoms with van der Waals surface area (Å²) in [5.74, 6) is 0.691. The molecule has 10 heteroatoms. The van der Waals surface area contributed by atoms with Gasteiger partial charge >= 0.3 is 0 Å². The number of halogens is 2. The minimum atomic E-state index is -1.27. The summed E-state index contributed by atoms with van der Waals surface area (Å²) in [5, 5.41) is 16.9. The van der Waals surface area contributed by atoms with E-state index in [1.54, 1.807) is 10.7 Å². The van der Waals surface area contributed by atoms with Crippen LogP contribution in [0.5, 0.6) is 0 Å². The van der Waals surface area contributed by atoms with Gasteiger partial charge in [0.25, 0.3) is 0 Å². The number of carbonyl (C=O) groups is 1. The van der Waals surface area contributed by atoms with Gasteiger partial charge in [-0.3, -0.25) is 4.79 Å². The number of hydrogen-bond donors (Lipinski definition) is 2. The minimum Gasteiger partial charge on any atom is -0.387 e. The predicted molar refractivity (Wildman–Crippen MR) is 102 cm³/mol. The van der Waals surface area contributed by atoms with Crippen LogP contribution in [0.25, 0.3) is 5.52 Å². The van der Waals surface area contributed by atoms with Gasteiger partial charge in [0.1, 0.15) is 24.1 Å². The van der Waals surface area contributed by atoms with E-state index in [-0.39, 0.29) is 12.0 Å². The second-order valence-electron chi connectivity index (χ2n) is 7.65. The molecule has 2 N–H and O–H groups in total. The lowest BCUT2D eigenvalue weighted by molar-refractivity contribution is -0.136. The molecule has 0 radical (unpaired) electrons. The molecule has 0 spiro atoms. The number of alkyl halides is 1. The van der Waals surface area contributed by atoms with Crippen LogP contribution < -0.4 is 5.32 Å². The van der Waals surface area contributed by atoms with Crippen molar-refractivity contribution in [1.82, 2.24) is 24.5 Å². The molecule has 4 rings (SSSR count). The van der Waals surface area contributed by atoms with Gasteiger partial charge in [0.15, 0.2) is 5.15 Å². The van der Waals surface area contributed by atoms with Crippen molar-refractivity contribution in [3.63, 3.8) is 0 Å². The maximum Gasteiger partial charge on any atom is 0.248 e. The van der Waals surface area contributed by atoms with Gasteiger partial charge in [-0.1, -0.05) is 24.9 Å². The Hall–Kier alpha value is -2.00. The van der Waals surface area contributed by atoms with Crippen LogP contribution in [0.2, 0.25) is 5.15 Å². The summed E-state index contributed by atoms with van der Waals surface area (Å²) in [7, 11) is 0. The third-order valence-electron chi connectivity index (χ3n) is 6.15. The van der Waals surface area contributed by atoms with Crippen LogP contribution in [0.3, 0.4) is 0 Å². The highest BCUT2D eigenvalue weighted by molar-refractivity contribution is 6.32. The quantitative estimate of drug-likeness (QED) is 0.782. The number of nitrogens with zero attached hydrogens (tertiary/aromatic N) is 5. The van der Waals surface area contributed by atoms with Gasteiger partial charge in [0.2, 0.25) is 11.9 Å². The smallest absolute Gasteiger partial charge is 0.248 e. The maximum atomic E-state index is 14.6. The highest BCUT2D eigenvalue weighted by Crippen LogP contribution is 2.46. The molecule has 2 aromatic heterocycles. The second kappa shape index (κ2) is 7.44. The largest absolute Gasteiger partial charge is 0.387 e. The molecule has 0 bridgehead atoms. The first-order chi connectivity index (χ1) is 13.5. The molecule has 3 heterocycles. The lowest BCUT2D eigenvalue weighted by Gasteiger charge is -2.39. The van der Waals surface area contributed by atoms with Crippen molar-refractivity contribution in [2.24, 2.45) is 0 Å². The van der Waals surface area contributed by atoms with E-state index in [1.165, 1.54) is 4.90 Å². The van der Waals surface area contributed by atoms with E-state index in [9.17, 15) is 9.18 Å². The van der Waals surface area contributed by atoms with Crippen LogP contribution in [-0.4, -0.2) is 67.4 Å². The van der Waals surface area contributed by atoms with Crippen LogP contribution in [0.15, 0.2) is 6.20 Å². The Bertz CT molecular complexity index is 881. The summed E-state index contributed by atoms with van der Waals surface area (Å²) in [6.07, 6.45) is 4.96. The molecule has 1 saturated carbocycles. The molecular weight excluding hydrogens is 387 g/mol. The molecule has 1 amide bonds. The number of imidazole rings is 1. The van der Waals surface area contributed by atoms with Crippen LogP contribution >= 0.6 is 11.6 Å². The van der Waals surface area contributed by atoms with E-state index in [4.69, 9.17) is 16.7 Å². The number of carbonyl (C=O) groups excluding carboxylic acids is 1. The number of likely N-dealkylation sites (tertiary alicyclic amines) is 1. The van der Waals surface area contributed by atoms with Crippen LogP contribution in [-0.2, 0) is 10.2 Å². The topological polar surface area (TPSA) is 95.7 Å². The summed E-state index contributed by atoms with van der Waals surface area (Å²) in [5.41, 5.74) is 0.627. The van der Waals surface area contributed by atoms with Gasteiger partial charge in [0.05, 0.1) is 18.8 Å². The van der Waals surface area contributed by atoms with Crippen LogP contribution in [0.4, 0.5) is 10.3 Å². The number of hydrogen-bond acceptors (Lipinski definition) is 6. The molecule has 0 aromatic carbocycles. The molecule has 8 nitrogen and oxygen atoms in total. The fourth-order valence-corrected chi connectivity index (χ4v) is 4.37. The molecule has 2 aliphatic rings. The summed E-state index contributed by atoms with van der Waals surface area (Å²) in [6, 6.07) is -0.508. The number of aliphatic hydroxyl groups excluding tert-OH is 1. The lowest BCUT2D eigenvalue weighted by atomic mass is 9.66. The summed E-state index contributed by atoms with van der Waals surface area (Å²) in [6.45, 7) is 1.86. The monoisotopic (exact) mass is 410 g/mol. The SMILES string of the molecule is CCC1(c2nc(Cl)c3cnc(N[C@H]4CCN(C(=O)CO)C[C@H]4F)nn23)CCC1. The first-order valence-corrected chi connectivity index (χ1v) is 10.1. The molecule has 28 heavy (non-hydrogen) atoms. The fourth-order valence-electron chi connectivity index (χ4n) is 4.16. The van der Waals surface area contributed by atoms with Crippen molar-refractivity contribution in [1.29, 1.82) is 0 Å². The Morgan fingerprint density at radius 3 is 2.89 bits per heavy atom. The molecule has 2 atom stereocenters. The maximum absolute atomic E-state index is 14.6. The Balaban J connectivity index is 1.56. The van der Waals surface area contributed by atoms with E-state index >= 15 is 0 Å². The second-order valence-corrected chi connectivity index (χ2v) is 8.00. The number of amides is 1. The number of piperidine rings is 1. The van der Waals surface area contributed by atoms with E-state index in [2.05, 4.69) is 27.3 Å². The van der Waals surface area contributed by atoms with Crippen molar-refractivity contribution >= 4 is 29.0 Å². The van der Waals surface area contributed by atoms with Gasteiger partial charge < -0.3 is 15.3 Å². The highest BCUT2D eigenvalue weighted by Gasteiger charge is 2.41.